The molecule has 1 aliphatic heterocycles. The Morgan fingerprint density at radius 2 is 2.03 bits per heavy atom. The molecule has 1 saturated heterocycles. The lowest BCUT2D eigenvalue weighted by atomic mass is 10.2. The van der Waals surface area contributed by atoms with Gasteiger partial charge in [0, 0.05) is 38.8 Å². The van der Waals surface area contributed by atoms with Crippen molar-refractivity contribution in [3.05, 3.63) is 52.6 Å². The van der Waals surface area contributed by atoms with Gasteiger partial charge >= 0.3 is 0 Å². The molecule has 0 aliphatic carbocycles. The maximum Gasteiger partial charge on any atom is 0.220 e. The number of nitrogens with one attached hydrogen (secondary N) is 1. The first-order chi connectivity index (χ1) is 13.9. The lowest BCUT2D eigenvalue weighted by Crippen LogP contribution is -2.53. The van der Waals surface area contributed by atoms with Crippen molar-refractivity contribution in [2.45, 2.75) is 19.2 Å². The molecule has 0 bridgehead atoms. The predicted molar refractivity (Wildman–Crippen MR) is 124 cm³/mol. The molecule has 0 radical (unpaired) electrons. The van der Waals surface area contributed by atoms with Crippen molar-refractivity contribution in [2.24, 2.45) is 4.99 Å². The van der Waals surface area contributed by atoms with Crippen molar-refractivity contribution in [1.82, 2.24) is 19.7 Å². The molecule has 0 atom stereocenters. The first-order valence-corrected chi connectivity index (χ1v) is 11.2. The van der Waals surface area contributed by atoms with Gasteiger partial charge in [-0.05, 0) is 24.6 Å². The molecule has 1 aromatic carbocycles. The molecular weight excluding hydrogens is 548 g/mol. The molecule has 0 unspecified atom stereocenters. The normalized spacial score (nSPS) is 15.7. The minimum atomic E-state index is -3.46. The van der Waals surface area contributed by atoms with Crippen LogP contribution in [0.4, 0.5) is 4.39 Å². The fraction of sp³-hybridized carbons (Fsp3) is 0.444. The number of nitrogens with zero attached hydrogens (tertiary/aromatic N) is 4. The van der Waals surface area contributed by atoms with Crippen LogP contribution in [0.15, 0.2) is 40.0 Å². The fourth-order valence-corrected chi connectivity index (χ4v) is 4.63. The Morgan fingerprint density at radius 3 is 2.63 bits per heavy atom. The SMILES string of the molecule is CCNC(=NCc1ccc(F)c(Cl)c1)N1CCN(S(=O)(=O)Cc2ccon2)CC1.I. The Kier molecular flexibility index (Phi) is 9.31. The van der Waals surface area contributed by atoms with Crippen molar-refractivity contribution in [3.8, 4) is 0 Å². The first kappa shape index (κ1) is 24.8. The Balaban J connectivity index is 0.00000320. The highest BCUT2D eigenvalue weighted by molar-refractivity contribution is 14.0. The Hall–Kier alpha value is -1.44. The molecule has 1 N–H and O–H groups in total. The van der Waals surface area contributed by atoms with Gasteiger partial charge in [0.05, 0.1) is 17.3 Å². The van der Waals surface area contributed by atoms with Gasteiger partial charge in [0.2, 0.25) is 10.0 Å². The molecule has 0 amide bonds. The highest BCUT2D eigenvalue weighted by atomic mass is 127. The number of hydrogen-bond acceptors (Lipinski definition) is 5. The Bertz CT molecular complexity index is 951. The van der Waals surface area contributed by atoms with E-state index in [2.05, 4.69) is 15.5 Å². The number of aromatic nitrogens is 1. The van der Waals surface area contributed by atoms with E-state index in [0.717, 1.165) is 5.56 Å². The van der Waals surface area contributed by atoms with Gasteiger partial charge in [-0.15, -0.1) is 24.0 Å². The molecule has 12 heteroatoms. The van der Waals surface area contributed by atoms with Crippen LogP contribution in [0, 0.1) is 5.82 Å². The molecule has 166 valence electrons. The van der Waals surface area contributed by atoms with Crippen molar-refractivity contribution >= 4 is 51.6 Å². The number of hydrogen-bond donors (Lipinski definition) is 1. The number of sulfonamides is 1. The van der Waals surface area contributed by atoms with Gasteiger partial charge in [-0.25, -0.2) is 17.8 Å². The van der Waals surface area contributed by atoms with E-state index in [1.165, 1.54) is 16.6 Å². The first-order valence-electron chi connectivity index (χ1n) is 9.23. The van der Waals surface area contributed by atoms with Crippen LogP contribution < -0.4 is 5.32 Å². The summed E-state index contributed by atoms with van der Waals surface area (Å²) in [6.07, 6.45) is 1.36. The quantitative estimate of drug-likeness (QED) is 0.326. The largest absolute Gasteiger partial charge is 0.364 e. The van der Waals surface area contributed by atoms with Crippen LogP contribution in [-0.4, -0.2) is 61.5 Å². The summed E-state index contributed by atoms with van der Waals surface area (Å²) >= 11 is 5.83. The van der Waals surface area contributed by atoms with Crippen LogP contribution in [0.1, 0.15) is 18.2 Å². The average molecular weight is 572 g/mol. The monoisotopic (exact) mass is 571 g/mol. The zero-order valence-corrected chi connectivity index (χ0v) is 20.3. The van der Waals surface area contributed by atoms with Crippen LogP contribution in [0.3, 0.4) is 0 Å². The summed E-state index contributed by atoms with van der Waals surface area (Å²) in [7, 11) is -3.46. The summed E-state index contributed by atoms with van der Waals surface area (Å²) in [5.41, 5.74) is 1.18. The van der Waals surface area contributed by atoms with Crippen molar-refractivity contribution in [1.29, 1.82) is 0 Å². The second-order valence-corrected chi connectivity index (χ2v) is 8.93. The van der Waals surface area contributed by atoms with Gasteiger partial charge in [0.1, 0.15) is 17.8 Å². The number of guanidine groups is 1. The van der Waals surface area contributed by atoms with Crippen LogP contribution in [0.2, 0.25) is 5.02 Å². The van der Waals surface area contributed by atoms with E-state index >= 15 is 0 Å². The van der Waals surface area contributed by atoms with E-state index in [9.17, 15) is 12.8 Å². The Morgan fingerprint density at radius 1 is 1.30 bits per heavy atom. The highest BCUT2D eigenvalue weighted by Gasteiger charge is 2.29. The number of piperazine rings is 1. The van der Waals surface area contributed by atoms with Crippen LogP contribution >= 0.6 is 35.6 Å². The zero-order chi connectivity index (χ0) is 20.9. The van der Waals surface area contributed by atoms with Gasteiger partial charge in [0.25, 0.3) is 0 Å². The van der Waals surface area contributed by atoms with E-state index in [-0.39, 0.29) is 34.8 Å². The topological polar surface area (TPSA) is 91.0 Å². The van der Waals surface area contributed by atoms with Crippen molar-refractivity contribution in [3.63, 3.8) is 0 Å². The van der Waals surface area contributed by atoms with Gasteiger partial charge in [-0.1, -0.05) is 22.8 Å². The molecule has 30 heavy (non-hydrogen) atoms. The maximum absolute atomic E-state index is 13.3. The third-order valence-electron chi connectivity index (χ3n) is 4.48. The van der Waals surface area contributed by atoms with E-state index in [4.69, 9.17) is 16.1 Å². The number of halogens is 3. The molecule has 1 fully saturated rings. The van der Waals surface area contributed by atoms with E-state index < -0.39 is 15.8 Å². The summed E-state index contributed by atoms with van der Waals surface area (Å²) in [5.74, 6) is 0.0407. The molecule has 8 nitrogen and oxygen atoms in total. The molecule has 3 rings (SSSR count). The van der Waals surface area contributed by atoms with Crippen LogP contribution in [0.5, 0.6) is 0 Å². The molecule has 0 saturated carbocycles. The molecule has 2 heterocycles. The third kappa shape index (κ3) is 6.53. The second kappa shape index (κ2) is 11.3. The van der Waals surface area contributed by atoms with Gasteiger partial charge < -0.3 is 14.7 Å². The molecule has 0 spiro atoms. The van der Waals surface area contributed by atoms with Gasteiger partial charge in [-0.2, -0.15) is 4.31 Å². The summed E-state index contributed by atoms with van der Waals surface area (Å²) < 4.78 is 44.6. The summed E-state index contributed by atoms with van der Waals surface area (Å²) in [6.45, 7) is 4.70. The zero-order valence-electron chi connectivity index (χ0n) is 16.4. The smallest absolute Gasteiger partial charge is 0.220 e. The number of rotatable bonds is 6. The predicted octanol–water partition coefficient (Wildman–Crippen LogP) is 2.70. The molecule has 1 aliphatic rings. The van der Waals surface area contributed by atoms with E-state index in [1.807, 2.05) is 11.8 Å². The summed E-state index contributed by atoms with van der Waals surface area (Å²) in [4.78, 5) is 6.60. The lowest BCUT2D eigenvalue weighted by molar-refractivity contribution is 0.259. The minimum absolute atomic E-state index is 0. The average Bonchev–Trinajstić information content (AvgIpc) is 3.20. The second-order valence-electron chi connectivity index (χ2n) is 6.55. The standard InChI is InChI=1S/C18H23ClFN5O3S.HI/c1-2-21-18(22-12-14-3-4-17(20)16(19)11-14)24-6-8-25(9-7-24)29(26,27)13-15-5-10-28-23-15;/h3-5,10-11H,2,6-9,12-13H2,1H3,(H,21,22);1H. The summed E-state index contributed by atoms with van der Waals surface area (Å²) in [5, 5.41) is 6.96. The van der Waals surface area contributed by atoms with Crippen molar-refractivity contribution in [2.75, 3.05) is 32.7 Å². The lowest BCUT2D eigenvalue weighted by Gasteiger charge is -2.35. The number of aliphatic imine (C=N–C) groups is 1. The molecule has 1 aromatic heterocycles. The van der Waals surface area contributed by atoms with Gasteiger partial charge in [0.15, 0.2) is 5.96 Å². The third-order valence-corrected chi connectivity index (χ3v) is 6.59. The highest BCUT2D eigenvalue weighted by Crippen LogP contribution is 2.17. The van der Waals surface area contributed by atoms with Crippen LogP contribution in [0.25, 0.3) is 0 Å². The van der Waals surface area contributed by atoms with Gasteiger partial charge in [-0.3, -0.25) is 0 Å². The summed E-state index contributed by atoms with van der Waals surface area (Å²) in [6, 6.07) is 6.06. The van der Waals surface area contributed by atoms with E-state index in [0.29, 0.717) is 50.9 Å². The molecular formula is C18H24ClFIN5O3S. The maximum atomic E-state index is 13.3. The molecule has 2 aromatic rings. The van der Waals surface area contributed by atoms with Crippen molar-refractivity contribution < 1.29 is 17.3 Å². The fourth-order valence-electron chi connectivity index (χ4n) is 3.00. The van der Waals surface area contributed by atoms with E-state index in [1.54, 1.807) is 18.2 Å². The Labute approximate surface area is 197 Å². The van der Waals surface area contributed by atoms with Crippen LogP contribution in [-0.2, 0) is 22.3 Å². The minimum Gasteiger partial charge on any atom is -0.364 e. The number of benzene rings is 1.